The molecule has 5 heterocycles. The first-order valence-corrected chi connectivity index (χ1v) is 14.5. The summed E-state index contributed by atoms with van der Waals surface area (Å²) in [6.07, 6.45) is 2.49. The molecule has 1 aromatic heterocycles. The number of hydrogen-bond donors (Lipinski definition) is 2. The quantitative estimate of drug-likeness (QED) is 0.514. The van der Waals surface area contributed by atoms with Crippen molar-refractivity contribution in [2.75, 3.05) is 43.9 Å². The van der Waals surface area contributed by atoms with Gasteiger partial charge in [-0.15, -0.1) is 0 Å². The zero-order chi connectivity index (χ0) is 26.1. The van der Waals surface area contributed by atoms with E-state index in [0.717, 1.165) is 23.4 Å². The van der Waals surface area contributed by atoms with Crippen molar-refractivity contribution in [3.63, 3.8) is 0 Å². The van der Waals surface area contributed by atoms with Gasteiger partial charge in [-0.05, 0) is 36.5 Å². The summed E-state index contributed by atoms with van der Waals surface area (Å²) in [6.45, 7) is 2.37. The number of fused-ring (bicyclic) bond motifs is 8. The molecule has 5 unspecified atom stereocenters. The molecular formula is C25H31N5O6S. The number of nitrogens with zero attached hydrogens (tertiary/aromatic N) is 4. The van der Waals surface area contributed by atoms with E-state index in [-0.39, 0.29) is 48.1 Å². The molecule has 4 aliphatic rings. The van der Waals surface area contributed by atoms with E-state index in [2.05, 4.69) is 4.90 Å². The van der Waals surface area contributed by atoms with Crippen LogP contribution >= 0.6 is 0 Å². The molecule has 2 N–H and O–H groups in total. The van der Waals surface area contributed by atoms with E-state index in [0.29, 0.717) is 32.6 Å². The topological polar surface area (TPSA) is 131 Å². The van der Waals surface area contributed by atoms with E-state index in [1.807, 2.05) is 16.7 Å². The monoisotopic (exact) mass is 529 g/mol. The number of piperazine rings is 1. The summed E-state index contributed by atoms with van der Waals surface area (Å²) >= 11 is 0. The Morgan fingerprint density at radius 1 is 1.11 bits per heavy atom. The number of nitrogens with one attached hydrogen (secondary N) is 1. The second-order valence-electron chi connectivity index (χ2n) is 10.7. The van der Waals surface area contributed by atoms with Crippen molar-refractivity contribution in [3.8, 4) is 0 Å². The van der Waals surface area contributed by atoms with Gasteiger partial charge in [0.05, 0.1) is 12.2 Å². The summed E-state index contributed by atoms with van der Waals surface area (Å²) < 4.78 is 27.2. The number of anilines is 1. The zero-order valence-electron chi connectivity index (χ0n) is 20.6. The molecule has 37 heavy (non-hydrogen) atoms. The number of carbonyl (C=O) groups excluding carboxylic acids is 1. The predicted octanol–water partition coefficient (Wildman–Crippen LogP) is -0.480. The van der Waals surface area contributed by atoms with E-state index in [4.69, 9.17) is 0 Å². The maximum atomic E-state index is 14.0. The van der Waals surface area contributed by atoms with Gasteiger partial charge in [0, 0.05) is 80.8 Å². The average Bonchev–Trinajstić information content (AvgIpc) is 2.87. The number of benzene rings is 1. The molecular weight excluding hydrogens is 498 g/mol. The number of aromatic nitrogens is 1. The van der Waals surface area contributed by atoms with E-state index in [1.165, 1.54) is 10.6 Å². The van der Waals surface area contributed by atoms with Crippen LogP contribution in [0.4, 0.5) is 11.4 Å². The third-order valence-corrected chi connectivity index (χ3v) is 9.89. The highest BCUT2D eigenvalue weighted by molar-refractivity contribution is 7.88. The largest absolute Gasteiger partial charge is 0.595 e. The molecule has 2 saturated heterocycles. The van der Waals surface area contributed by atoms with Crippen LogP contribution in [0.25, 0.3) is 0 Å². The Labute approximate surface area is 215 Å². The predicted molar refractivity (Wildman–Crippen MR) is 135 cm³/mol. The number of amides is 1. The number of quaternary nitrogens is 1. The van der Waals surface area contributed by atoms with Crippen molar-refractivity contribution in [2.24, 2.45) is 11.8 Å². The van der Waals surface area contributed by atoms with Crippen LogP contribution in [-0.4, -0.2) is 78.3 Å². The molecule has 0 saturated carbocycles. The van der Waals surface area contributed by atoms with Crippen LogP contribution in [-0.2, 0) is 27.8 Å². The van der Waals surface area contributed by atoms with Gasteiger partial charge in [-0.2, -0.15) is 9.53 Å². The standard InChI is InChI=1S/C25H31N5O6S/c1-37(35,36)27-9-7-26(8-10-27)25(32)20-13-16-12-19(30(33)34)5-6-22(16)29-14-17-11-18(24(20)29)15-28-21(17)3-2-4-23(28)31/h2-6,12,17-18,20,24,30,33H,7-11,13-15H2,1H3. The summed E-state index contributed by atoms with van der Waals surface area (Å²) in [5, 5.41) is 20.3. The van der Waals surface area contributed by atoms with E-state index in [1.54, 1.807) is 29.2 Å². The molecule has 0 radical (unpaired) electrons. The van der Waals surface area contributed by atoms with Crippen molar-refractivity contribution in [1.82, 2.24) is 13.8 Å². The maximum Gasteiger partial charge on any atom is 0.250 e. The second-order valence-corrected chi connectivity index (χ2v) is 12.7. The van der Waals surface area contributed by atoms with Crippen molar-refractivity contribution in [3.05, 3.63) is 63.2 Å². The van der Waals surface area contributed by atoms with Gasteiger partial charge in [-0.3, -0.25) is 9.59 Å². The van der Waals surface area contributed by atoms with Crippen molar-refractivity contribution < 1.29 is 23.6 Å². The number of sulfonamides is 1. The molecule has 198 valence electrons. The van der Waals surface area contributed by atoms with Crippen LogP contribution in [0.3, 0.4) is 0 Å². The van der Waals surface area contributed by atoms with Gasteiger partial charge < -0.3 is 19.6 Å². The molecule has 1 aromatic carbocycles. The Balaban J connectivity index is 1.37. The molecule has 2 fully saturated rings. The Morgan fingerprint density at radius 3 is 2.57 bits per heavy atom. The number of piperidine rings is 1. The van der Waals surface area contributed by atoms with Gasteiger partial charge in [0.2, 0.25) is 15.9 Å². The number of rotatable bonds is 3. The fourth-order valence-corrected chi connectivity index (χ4v) is 7.77. The fourth-order valence-electron chi connectivity index (χ4n) is 6.95. The molecule has 2 bridgehead atoms. The average molecular weight is 530 g/mol. The van der Waals surface area contributed by atoms with Crippen LogP contribution in [0.2, 0.25) is 0 Å². The van der Waals surface area contributed by atoms with Crippen LogP contribution < -0.4 is 15.7 Å². The number of pyridine rings is 1. The molecule has 5 atom stereocenters. The van der Waals surface area contributed by atoms with Gasteiger partial charge in [0.25, 0.3) is 5.56 Å². The van der Waals surface area contributed by atoms with Crippen LogP contribution in [0, 0.1) is 17.0 Å². The lowest BCUT2D eigenvalue weighted by atomic mass is 9.69. The summed E-state index contributed by atoms with van der Waals surface area (Å²) in [7, 11) is -3.32. The van der Waals surface area contributed by atoms with Crippen LogP contribution in [0.5, 0.6) is 0 Å². The molecule has 0 spiro atoms. The van der Waals surface area contributed by atoms with E-state index >= 15 is 0 Å². The Morgan fingerprint density at radius 2 is 1.86 bits per heavy atom. The lowest BCUT2D eigenvalue weighted by molar-refractivity contribution is -0.991. The Kier molecular flexibility index (Phi) is 5.92. The van der Waals surface area contributed by atoms with Crippen molar-refractivity contribution in [1.29, 1.82) is 0 Å². The lowest BCUT2D eigenvalue weighted by Crippen LogP contribution is -2.99. The highest BCUT2D eigenvalue weighted by Crippen LogP contribution is 2.47. The van der Waals surface area contributed by atoms with Gasteiger partial charge in [0.1, 0.15) is 0 Å². The molecule has 12 heteroatoms. The Hall–Kier alpha value is -2.77. The first kappa shape index (κ1) is 24.6. The third kappa shape index (κ3) is 4.16. The summed E-state index contributed by atoms with van der Waals surface area (Å²) in [6, 6.07) is 10.4. The third-order valence-electron chi connectivity index (χ3n) is 8.59. The number of hydrogen-bond acceptors (Lipinski definition) is 7. The summed E-state index contributed by atoms with van der Waals surface area (Å²) in [5.41, 5.74) is 2.98. The molecule has 11 nitrogen and oxygen atoms in total. The smallest absolute Gasteiger partial charge is 0.250 e. The van der Waals surface area contributed by atoms with Crippen molar-refractivity contribution in [2.45, 2.75) is 31.3 Å². The maximum absolute atomic E-state index is 14.0. The first-order valence-electron chi connectivity index (χ1n) is 12.7. The molecule has 1 amide bonds. The SMILES string of the molecule is CS(=O)(=O)N1CCN(C(=O)C2Cc3cc([NH+]([O-])O)ccc3N3CC4CC(Cn5c4cccc5=O)C23)CC1. The minimum Gasteiger partial charge on any atom is -0.595 e. The fraction of sp³-hybridized carbons (Fsp3) is 0.520. The van der Waals surface area contributed by atoms with Crippen LogP contribution in [0.1, 0.15) is 23.6 Å². The second kappa shape index (κ2) is 8.91. The highest BCUT2D eigenvalue weighted by atomic mass is 32.2. The minimum absolute atomic E-state index is 0.0252. The molecule has 0 aliphatic carbocycles. The minimum atomic E-state index is -3.32. The lowest BCUT2D eigenvalue weighted by Gasteiger charge is -2.55. The highest BCUT2D eigenvalue weighted by Gasteiger charge is 2.50. The normalized spacial score (nSPS) is 28.2. The van der Waals surface area contributed by atoms with Crippen molar-refractivity contribution >= 4 is 27.3 Å². The van der Waals surface area contributed by atoms with E-state index in [9.17, 15) is 28.4 Å². The van der Waals surface area contributed by atoms with Crippen LogP contribution in [0.15, 0.2) is 41.2 Å². The number of carbonyl (C=O) groups is 1. The Bertz CT molecular complexity index is 1400. The molecule has 2 aromatic rings. The van der Waals surface area contributed by atoms with Gasteiger partial charge in [-0.25, -0.2) is 13.6 Å². The zero-order valence-corrected chi connectivity index (χ0v) is 21.4. The summed E-state index contributed by atoms with van der Waals surface area (Å²) in [4.78, 5) is 30.7. The van der Waals surface area contributed by atoms with Gasteiger partial charge in [0.15, 0.2) is 5.69 Å². The van der Waals surface area contributed by atoms with Gasteiger partial charge >= 0.3 is 0 Å². The summed E-state index contributed by atoms with van der Waals surface area (Å²) in [5.74, 6) is -0.208. The first-order chi connectivity index (χ1) is 17.6. The van der Waals surface area contributed by atoms with Gasteiger partial charge in [-0.1, -0.05) is 6.07 Å². The molecule has 6 rings (SSSR count). The molecule has 4 aliphatic heterocycles. The van der Waals surface area contributed by atoms with E-state index < -0.39 is 21.2 Å².